The zero-order valence-electron chi connectivity index (χ0n) is 12.1. The van der Waals surface area contributed by atoms with Crippen molar-refractivity contribution in [3.63, 3.8) is 0 Å². The predicted octanol–water partition coefficient (Wildman–Crippen LogP) is 2.02. The SMILES string of the molecule is Cc1cc(C=O)ccc1N(C)CC(=O)NCC(C)C. The first-order valence-corrected chi connectivity index (χ1v) is 6.47. The Hall–Kier alpha value is -1.84. The molecule has 0 atom stereocenters. The van der Waals surface area contributed by atoms with E-state index in [0.29, 0.717) is 24.6 Å². The van der Waals surface area contributed by atoms with E-state index in [2.05, 4.69) is 19.2 Å². The fraction of sp³-hybridized carbons (Fsp3) is 0.467. The maximum absolute atomic E-state index is 11.8. The standard InChI is InChI=1S/C15H22N2O2/c1-11(2)8-16-15(19)9-17(4)14-6-5-13(10-18)7-12(14)3/h5-7,10-11H,8-9H2,1-4H3,(H,16,19). The van der Waals surface area contributed by atoms with Gasteiger partial charge in [0.2, 0.25) is 5.91 Å². The molecule has 0 radical (unpaired) electrons. The van der Waals surface area contributed by atoms with Gasteiger partial charge >= 0.3 is 0 Å². The Labute approximate surface area is 114 Å². The van der Waals surface area contributed by atoms with Crippen molar-refractivity contribution in [2.24, 2.45) is 5.92 Å². The lowest BCUT2D eigenvalue weighted by molar-refractivity contribution is -0.119. The molecule has 0 saturated heterocycles. The molecule has 0 unspecified atom stereocenters. The Bertz CT molecular complexity index is 455. The van der Waals surface area contributed by atoms with E-state index >= 15 is 0 Å². The number of likely N-dealkylation sites (N-methyl/N-ethyl adjacent to an activating group) is 1. The topological polar surface area (TPSA) is 49.4 Å². The molecule has 1 N–H and O–H groups in total. The number of carbonyl (C=O) groups excluding carboxylic acids is 2. The first-order valence-electron chi connectivity index (χ1n) is 6.47. The van der Waals surface area contributed by atoms with Crippen molar-refractivity contribution in [2.45, 2.75) is 20.8 Å². The first kappa shape index (κ1) is 15.2. The zero-order chi connectivity index (χ0) is 14.4. The number of nitrogens with one attached hydrogen (secondary N) is 1. The molecule has 4 heteroatoms. The van der Waals surface area contributed by atoms with Crippen LogP contribution in [0.15, 0.2) is 18.2 Å². The molecule has 0 aliphatic carbocycles. The molecular formula is C15H22N2O2. The smallest absolute Gasteiger partial charge is 0.239 e. The lowest BCUT2D eigenvalue weighted by Crippen LogP contribution is -2.37. The highest BCUT2D eigenvalue weighted by Gasteiger charge is 2.10. The summed E-state index contributed by atoms with van der Waals surface area (Å²) in [5.74, 6) is 0.456. The fourth-order valence-corrected chi connectivity index (χ4v) is 1.85. The van der Waals surface area contributed by atoms with Gasteiger partial charge in [0.15, 0.2) is 0 Å². The van der Waals surface area contributed by atoms with Crippen LogP contribution in [-0.4, -0.2) is 32.3 Å². The third-order valence-electron chi connectivity index (χ3n) is 2.86. The van der Waals surface area contributed by atoms with Gasteiger partial charge in [0.1, 0.15) is 6.29 Å². The van der Waals surface area contributed by atoms with Crippen molar-refractivity contribution in [3.05, 3.63) is 29.3 Å². The minimum absolute atomic E-state index is 0.00932. The number of anilines is 1. The Kier molecular flexibility index (Phi) is 5.55. The zero-order valence-corrected chi connectivity index (χ0v) is 12.1. The van der Waals surface area contributed by atoms with Gasteiger partial charge < -0.3 is 10.2 Å². The summed E-state index contributed by atoms with van der Waals surface area (Å²) in [6, 6.07) is 5.46. The van der Waals surface area contributed by atoms with Crippen LogP contribution in [0.2, 0.25) is 0 Å². The van der Waals surface area contributed by atoms with Crippen LogP contribution < -0.4 is 10.2 Å². The highest BCUT2D eigenvalue weighted by atomic mass is 16.2. The summed E-state index contributed by atoms with van der Waals surface area (Å²) in [5, 5.41) is 2.89. The quantitative estimate of drug-likeness (QED) is 0.798. The summed E-state index contributed by atoms with van der Waals surface area (Å²) >= 11 is 0. The first-order chi connectivity index (χ1) is 8.93. The van der Waals surface area contributed by atoms with Gasteiger partial charge in [-0.1, -0.05) is 13.8 Å². The van der Waals surface area contributed by atoms with Gasteiger partial charge in [0.25, 0.3) is 0 Å². The molecule has 4 nitrogen and oxygen atoms in total. The van der Waals surface area contributed by atoms with Crippen molar-refractivity contribution in [3.8, 4) is 0 Å². The molecule has 0 aliphatic heterocycles. The molecule has 0 heterocycles. The minimum atomic E-state index is 0.00932. The van der Waals surface area contributed by atoms with Crippen LogP contribution in [0.25, 0.3) is 0 Å². The average molecular weight is 262 g/mol. The van der Waals surface area contributed by atoms with E-state index in [1.165, 1.54) is 0 Å². The predicted molar refractivity (Wildman–Crippen MR) is 77.7 cm³/mol. The number of hydrogen-bond acceptors (Lipinski definition) is 3. The summed E-state index contributed by atoms with van der Waals surface area (Å²) in [7, 11) is 1.87. The van der Waals surface area contributed by atoms with E-state index < -0.39 is 0 Å². The van der Waals surface area contributed by atoms with Crippen LogP contribution in [-0.2, 0) is 4.79 Å². The van der Waals surface area contributed by atoms with Gasteiger partial charge in [0, 0.05) is 24.8 Å². The highest BCUT2D eigenvalue weighted by molar-refractivity contribution is 5.82. The monoisotopic (exact) mass is 262 g/mol. The highest BCUT2D eigenvalue weighted by Crippen LogP contribution is 2.19. The summed E-state index contributed by atoms with van der Waals surface area (Å²) in [6.45, 7) is 7.06. The second-order valence-electron chi connectivity index (χ2n) is 5.22. The maximum atomic E-state index is 11.8. The van der Waals surface area contributed by atoms with Crippen LogP contribution in [0.5, 0.6) is 0 Å². The summed E-state index contributed by atoms with van der Waals surface area (Å²) in [4.78, 5) is 24.3. The number of amides is 1. The molecule has 0 spiro atoms. The van der Waals surface area contributed by atoms with Gasteiger partial charge in [-0.25, -0.2) is 0 Å². The molecule has 1 aromatic carbocycles. The molecule has 0 saturated carbocycles. The van der Waals surface area contributed by atoms with Crippen molar-refractivity contribution in [1.82, 2.24) is 5.32 Å². The van der Waals surface area contributed by atoms with Crippen LogP contribution >= 0.6 is 0 Å². The molecule has 0 bridgehead atoms. The molecule has 0 aliphatic rings. The summed E-state index contributed by atoms with van der Waals surface area (Å²) < 4.78 is 0. The van der Waals surface area contributed by atoms with Crippen LogP contribution in [0.1, 0.15) is 29.8 Å². The van der Waals surface area contributed by atoms with Gasteiger partial charge in [-0.15, -0.1) is 0 Å². The van der Waals surface area contributed by atoms with E-state index in [1.807, 2.05) is 31.0 Å². The number of rotatable bonds is 6. The molecule has 104 valence electrons. The fourth-order valence-electron chi connectivity index (χ4n) is 1.85. The van der Waals surface area contributed by atoms with Crippen LogP contribution in [0, 0.1) is 12.8 Å². The van der Waals surface area contributed by atoms with Gasteiger partial charge in [0.05, 0.1) is 6.54 Å². The number of aldehydes is 1. The Morgan fingerprint density at radius 3 is 2.63 bits per heavy atom. The van der Waals surface area contributed by atoms with E-state index in [9.17, 15) is 9.59 Å². The van der Waals surface area contributed by atoms with Gasteiger partial charge in [-0.2, -0.15) is 0 Å². The van der Waals surface area contributed by atoms with Crippen LogP contribution in [0.3, 0.4) is 0 Å². The molecule has 1 aromatic rings. The third kappa shape index (κ3) is 4.73. The van der Waals surface area contributed by atoms with Crippen molar-refractivity contribution < 1.29 is 9.59 Å². The Balaban J connectivity index is 2.65. The molecule has 19 heavy (non-hydrogen) atoms. The van der Waals surface area contributed by atoms with Crippen molar-refractivity contribution >= 4 is 17.9 Å². The second-order valence-corrected chi connectivity index (χ2v) is 5.22. The Morgan fingerprint density at radius 2 is 2.11 bits per heavy atom. The molecule has 1 rings (SSSR count). The van der Waals surface area contributed by atoms with Gasteiger partial charge in [-0.05, 0) is 36.6 Å². The number of carbonyl (C=O) groups is 2. The number of aryl methyl sites for hydroxylation is 1. The lowest BCUT2D eigenvalue weighted by atomic mass is 10.1. The van der Waals surface area contributed by atoms with E-state index in [1.54, 1.807) is 6.07 Å². The van der Waals surface area contributed by atoms with Gasteiger partial charge in [-0.3, -0.25) is 9.59 Å². The van der Waals surface area contributed by atoms with Crippen LogP contribution in [0.4, 0.5) is 5.69 Å². The molecule has 0 fully saturated rings. The van der Waals surface area contributed by atoms with E-state index in [-0.39, 0.29) is 5.91 Å². The number of benzene rings is 1. The minimum Gasteiger partial charge on any atom is -0.365 e. The molecule has 0 aromatic heterocycles. The van der Waals surface area contributed by atoms with E-state index in [4.69, 9.17) is 0 Å². The maximum Gasteiger partial charge on any atom is 0.239 e. The normalized spacial score (nSPS) is 10.4. The summed E-state index contributed by atoms with van der Waals surface area (Å²) in [6.07, 6.45) is 0.826. The summed E-state index contributed by atoms with van der Waals surface area (Å²) in [5.41, 5.74) is 2.60. The Morgan fingerprint density at radius 1 is 1.42 bits per heavy atom. The largest absolute Gasteiger partial charge is 0.365 e. The van der Waals surface area contributed by atoms with E-state index in [0.717, 1.165) is 17.5 Å². The average Bonchev–Trinajstić information content (AvgIpc) is 2.35. The third-order valence-corrected chi connectivity index (χ3v) is 2.86. The number of nitrogens with zero attached hydrogens (tertiary/aromatic N) is 1. The van der Waals surface area contributed by atoms with Crippen molar-refractivity contribution in [1.29, 1.82) is 0 Å². The van der Waals surface area contributed by atoms with Crippen molar-refractivity contribution in [2.75, 3.05) is 25.0 Å². The number of hydrogen-bond donors (Lipinski definition) is 1. The molecule has 1 amide bonds. The second kappa shape index (κ2) is 6.92. The lowest BCUT2D eigenvalue weighted by Gasteiger charge is -2.21. The molecular weight excluding hydrogens is 240 g/mol.